The Morgan fingerprint density at radius 3 is 2.69 bits per heavy atom. The monoisotopic (exact) mass is 385 g/mol. The molecule has 0 amide bonds. The first-order valence-corrected chi connectivity index (χ1v) is 11.2. The third-order valence-electron chi connectivity index (χ3n) is 4.54. The number of unbranched alkanes of at least 4 members (excludes halogenated alkanes) is 1. The van der Waals surface area contributed by atoms with Gasteiger partial charge >= 0.3 is 0 Å². The third-order valence-corrected chi connectivity index (χ3v) is 7.01. The Morgan fingerprint density at radius 1 is 1.23 bits per heavy atom. The lowest BCUT2D eigenvalue weighted by atomic mass is 9.99. The van der Waals surface area contributed by atoms with E-state index in [1.165, 1.54) is 17.7 Å². The lowest BCUT2D eigenvalue weighted by molar-refractivity contribution is -0.130. The Balaban J connectivity index is 1.79. The summed E-state index contributed by atoms with van der Waals surface area (Å²) in [5.74, 6) is 0.766. The second-order valence-corrected chi connectivity index (χ2v) is 8.99. The van der Waals surface area contributed by atoms with Gasteiger partial charge in [0.25, 0.3) is 0 Å². The molecule has 0 N–H and O–H groups in total. The van der Waals surface area contributed by atoms with Crippen molar-refractivity contribution in [3.05, 3.63) is 59.2 Å². The van der Waals surface area contributed by atoms with E-state index in [0.717, 1.165) is 28.1 Å². The standard InChI is InChI=1S/C21H23NO2S2/c1-3-4-11-25-26-18-9-7-17(8-10-18)22-13-16-6-5-15(2)12-19(16)21(22)20(24)14-23/h5-10,12,14,21H,3-4,11,13H2,1-2H3. The fraction of sp³-hybridized carbons (Fsp3) is 0.333. The molecule has 3 rings (SSSR count). The van der Waals surface area contributed by atoms with E-state index >= 15 is 0 Å². The number of aldehydes is 1. The molecule has 0 aliphatic carbocycles. The van der Waals surface area contributed by atoms with Gasteiger partial charge in [0, 0.05) is 22.9 Å². The van der Waals surface area contributed by atoms with Gasteiger partial charge < -0.3 is 4.90 Å². The molecular formula is C21H23NO2S2. The quantitative estimate of drug-likeness (QED) is 0.264. The summed E-state index contributed by atoms with van der Waals surface area (Å²) in [5, 5.41) is 0. The Hall–Kier alpha value is -1.72. The van der Waals surface area contributed by atoms with Gasteiger partial charge in [0.05, 0.1) is 0 Å². The molecule has 0 bridgehead atoms. The normalized spacial score (nSPS) is 15.8. The van der Waals surface area contributed by atoms with Gasteiger partial charge in [-0.05, 0) is 48.7 Å². The number of hydrogen-bond acceptors (Lipinski definition) is 5. The molecule has 2 aromatic rings. The zero-order valence-corrected chi connectivity index (χ0v) is 16.7. The lowest BCUT2D eigenvalue weighted by Crippen LogP contribution is -2.28. The molecule has 0 spiro atoms. The van der Waals surface area contributed by atoms with Crippen LogP contribution >= 0.6 is 21.6 Å². The smallest absolute Gasteiger partial charge is 0.222 e. The average Bonchev–Trinajstić information content (AvgIpc) is 3.03. The van der Waals surface area contributed by atoms with E-state index in [1.807, 2.05) is 40.8 Å². The molecule has 136 valence electrons. The maximum absolute atomic E-state index is 12.3. The molecule has 1 aliphatic rings. The van der Waals surface area contributed by atoms with E-state index in [0.29, 0.717) is 12.8 Å². The summed E-state index contributed by atoms with van der Waals surface area (Å²) >= 11 is 0. The molecule has 0 radical (unpaired) electrons. The first-order chi connectivity index (χ1) is 12.6. The van der Waals surface area contributed by atoms with Crippen molar-refractivity contribution in [3.63, 3.8) is 0 Å². The third kappa shape index (κ3) is 4.15. The zero-order chi connectivity index (χ0) is 18.5. The highest BCUT2D eigenvalue weighted by Crippen LogP contribution is 2.39. The molecule has 5 heteroatoms. The van der Waals surface area contributed by atoms with Crippen molar-refractivity contribution >= 4 is 39.3 Å². The van der Waals surface area contributed by atoms with Crippen molar-refractivity contribution in [3.8, 4) is 0 Å². The molecule has 2 aromatic carbocycles. The topological polar surface area (TPSA) is 37.4 Å². The Kier molecular flexibility index (Phi) is 6.43. The second kappa shape index (κ2) is 8.78. The predicted octanol–water partition coefficient (Wildman–Crippen LogP) is 5.36. The molecule has 1 heterocycles. The number of Topliss-reactive ketones (excluding diaryl/α,β-unsaturated/α-hetero) is 1. The predicted molar refractivity (Wildman–Crippen MR) is 111 cm³/mol. The maximum Gasteiger partial charge on any atom is 0.222 e. The molecule has 0 saturated heterocycles. The van der Waals surface area contributed by atoms with Crippen LogP contribution in [0.25, 0.3) is 0 Å². The van der Waals surface area contributed by atoms with Gasteiger partial charge in [-0.3, -0.25) is 9.59 Å². The van der Waals surface area contributed by atoms with Crippen LogP contribution in [0, 0.1) is 6.92 Å². The summed E-state index contributed by atoms with van der Waals surface area (Å²) in [7, 11) is 3.66. The minimum atomic E-state index is -0.514. The number of hydrogen-bond donors (Lipinski definition) is 0. The van der Waals surface area contributed by atoms with Crippen LogP contribution in [0.1, 0.15) is 42.5 Å². The molecule has 1 aliphatic heterocycles. The first kappa shape index (κ1) is 19.1. The number of aryl methyl sites for hydroxylation is 1. The van der Waals surface area contributed by atoms with Crippen LogP contribution in [-0.4, -0.2) is 17.8 Å². The van der Waals surface area contributed by atoms with Crippen LogP contribution < -0.4 is 4.90 Å². The first-order valence-electron chi connectivity index (χ1n) is 8.88. The molecule has 3 nitrogen and oxygen atoms in total. The van der Waals surface area contributed by atoms with E-state index < -0.39 is 6.04 Å². The Bertz CT molecular complexity index is 789. The fourth-order valence-corrected chi connectivity index (χ4v) is 5.39. The summed E-state index contributed by atoms with van der Waals surface area (Å²) < 4.78 is 0. The molecule has 1 atom stereocenters. The number of fused-ring (bicyclic) bond motifs is 1. The van der Waals surface area contributed by atoms with E-state index in [2.05, 4.69) is 31.2 Å². The van der Waals surface area contributed by atoms with Crippen LogP contribution in [0.5, 0.6) is 0 Å². The van der Waals surface area contributed by atoms with Crippen LogP contribution in [-0.2, 0) is 16.1 Å². The number of anilines is 1. The molecular weight excluding hydrogens is 362 g/mol. The molecule has 0 fully saturated rings. The van der Waals surface area contributed by atoms with Gasteiger partial charge in [-0.25, -0.2) is 0 Å². The summed E-state index contributed by atoms with van der Waals surface area (Å²) in [6, 6.07) is 13.9. The fourth-order valence-electron chi connectivity index (χ4n) is 3.17. The van der Waals surface area contributed by atoms with Crippen molar-refractivity contribution in [2.24, 2.45) is 0 Å². The summed E-state index contributed by atoms with van der Waals surface area (Å²) in [6.45, 7) is 4.86. The van der Waals surface area contributed by atoms with E-state index in [4.69, 9.17) is 0 Å². The SMILES string of the molecule is CCCCSSc1ccc(N2Cc3ccc(C)cc3C2C(=O)C=O)cc1. The highest BCUT2D eigenvalue weighted by atomic mass is 33.1. The minimum absolute atomic E-state index is 0.386. The van der Waals surface area contributed by atoms with Gasteiger partial charge in [-0.2, -0.15) is 0 Å². The van der Waals surface area contributed by atoms with E-state index in [-0.39, 0.29) is 5.78 Å². The van der Waals surface area contributed by atoms with Crippen LogP contribution in [0.4, 0.5) is 5.69 Å². The van der Waals surface area contributed by atoms with Crippen LogP contribution in [0.2, 0.25) is 0 Å². The van der Waals surface area contributed by atoms with E-state index in [1.54, 1.807) is 10.8 Å². The molecule has 1 unspecified atom stereocenters. The van der Waals surface area contributed by atoms with Gasteiger partial charge in [0.1, 0.15) is 6.04 Å². The highest BCUT2D eigenvalue weighted by molar-refractivity contribution is 8.76. The number of carbonyl (C=O) groups is 2. The highest BCUT2D eigenvalue weighted by Gasteiger charge is 2.35. The molecule has 0 aromatic heterocycles. The Morgan fingerprint density at radius 2 is 2.00 bits per heavy atom. The van der Waals surface area contributed by atoms with Crippen LogP contribution in [0.15, 0.2) is 47.4 Å². The number of ketones is 1. The largest absolute Gasteiger partial charge is 0.353 e. The minimum Gasteiger partial charge on any atom is -0.353 e. The lowest BCUT2D eigenvalue weighted by Gasteiger charge is -2.25. The van der Waals surface area contributed by atoms with Gasteiger partial charge in [0.15, 0.2) is 6.29 Å². The molecule has 26 heavy (non-hydrogen) atoms. The average molecular weight is 386 g/mol. The van der Waals surface area contributed by atoms with Crippen molar-refractivity contribution in [1.82, 2.24) is 0 Å². The van der Waals surface area contributed by atoms with Crippen molar-refractivity contribution in [1.29, 1.82) is 0 Å². The van der Waals surface area contributed by atoms with Gasteiger partial charge in [-0.1, -0.05) is 58.7 Å². The van der Waals surface area contributed by atoms with Gasteiger partial charge in [0.2, 0.25) is 5.78 Å². The number of carbonyl (C=O) groups excluding carboxylic acids is 2. The summed E-state index contributed by atoms with van der Waals surface area (Å²) in [4.78, 5) is 26.8. The van der Waals surface area contributed by atoms with Gasteiger partial charge in [-0.15, -0.1) is 0 Å². The zero-order valence-electron chi connectivity index (χ0n) is 15.1. The number of benzene rings is 2. The van der Waals surface area contributed by atoms with Crippen molar-refractivity contribution in [2.45, 2.75) is 44.2 Å². The Labute approximate surface area is 162 Å². The second-order valence-electron chi connectivity index (χ2n) is 6.51. The molecule has 0 saturated carbocycles. The number of nitrogens with zero attached hydrogens (tertiary/aromatic N) is 1. The maximum atomic E-state index is 12.3. The van der Waals surface area contributed by atoms with Crippen molar-refractivity contribution in [2.75, 3.05) is 10.7 Å². The van der Waals surface area contributed by atoms with Crippen LogP contribution in [0.3, 0.4) is 0 Å². The summed E-state index contributed by atoms with van der Waals surface area (Å²) in [5.41, 5.74) is 4.15. The van der Waals surface area contributed by atoms with Crippen molar-refractivity contribution < 1.29 is 9.59 Å². The number of rotatable bonds is 8. The van der Waals surface area contributed by atoms with E-state index in [9.17, 15) is 9.59 Å². The summed E-state index contributed by atoms with van der Waals surface area (Å²) in [6.07, 6.45) is 2.90.